The van der Waals surface area contributed by atoms with Gasteiger partial charge in [-0.25, -0.2) is 0 Å². The lowest BCUT2D eigenvalue weighted by Gasteiger charge is -2.29. The van der Waals surface area contributed by atoms with Gasteiger partial charge in [-0.3, -0.25) is 0 Å². The molecule has 2 rings (SSSR count). The van der Waals surface area contributed by atoms with Crippen LogP contribution in [0.5, 0.6) is 0 Å². The van der Waals surface area contributed by atoms with Gasteiger partial charge in [0.1, 0.15) is 0 Å². The Bertz CT molecular complexity index is 187. The molecule has 0 radical (unpaired) electrons. The summed E-state index contributed by atoms with van der Waals surface area (Å²) in [5, 5.41) is 3.56. The quantitative estimate of drug-likeness (QED) is 0.725. The van der Waals surface area contributed by atoms with Crippen molar-refractivity contribution in [1.29, 1.82) is 0 Å². The van der Waals surface area contributed by atoms with Crippen LogP contribution < -0.4 is 5.32 Å². The van der Waals surface area contributed by atoms with Crippen LogP contribution in [-0.4, -0.2) is 37.1 Å². The molecule has 1 unspecified atom stereocenters. The summed E-state index contributed by atoms with van der Waals surface area (Å²) in [6.45, 7) is 9.89. The van der Waals surface area contributed by atoms with Crippen LogP contribution in [0.25, 0.3) is 0 Å². The molecule has 1 saturated heterocycles. The van der Waals surface area contributed by atoms with E-state index >= 15 is 0 Å². The third kappa shape index (κ3) is 2.96. The summed E-state index contributed by atoms with van der Waals surface area (Å²) in [4.78, 5) is 2.68. The molecular formula is C12H24N2. The molecule has 1 aliphatic carbocycles. The van der Waals surface area contributed by atoms with Gasteiger partial charge in [-0.05, 0) is 57.7 Å². The van der Waals surface area contributed by atoms with Gasteiger partial charge >= 0.3 is 0 Å². The first-order valence-electron chi connectivity index (χ1n) is 6.14. The van der Waals surface area contributed by atoms with Gasteiger partial charge < -0.3 is 10.2 Å². The number of nitrogens with zero attached hydrogens (tertiary/aromatic N) is 1. The fourth-order valence-electron chi connectivity index (χ4n) is 2.31. The van der Waals surface area contributed by atoms with E-state index in [-0.39, 0.29) is 0 Å². The Hall–Kier alpha value is -0.0800. The molecule has 1 N–H and O–H groups in total. The lowest BCUT2D eigenvalue weighted by molar-refractivity contribution is 0.202. The topological polar surface area (TPSA) is 15.3 Å². The number of hydrogen-bond donors (Lipinski definition) is 1. The van der Waals surface area contributed by atoms with Gasteiger partial charge in [0.2, 0.25) is 0 Å². The third-order valence-electron chi connectivity index (χ3n) is 3.73. The highest BCUT2D eigenvalue weighted by molar-refractivity contribution is 4.91. The molecule has 1 saturated carbocycles. The third-order valence-corrected chi connectivity index (χ3v) is 3.73. The fourth-order valence-corrected chi connectivity index (χ4v) is 2.31. The zero-order valence-electron chi connectivity index (χ0n) is 9.68. The molecule has 0 aromatic rings. The van der Waals surface area contributed by atoms with E-state index in [0.29, 0.717) is 11.5 Å². The van der Waals surface area contributed by atoms with Crippen LogP contribution in [0.2, 0.25) is 0 Å². The van der Waals surface area contributed by atoms with Crippen LogP contribution in [0.4, 0.5) is 0 Å². The highest BCUT2D eigenvalue weighted by Crippen LogP contribution is 2.45. The Kier molecular flexibility index (Phi) is 3.13. The van der Waals surface area contributed by atoms with Gasteiger partial charge in [0, 0.05) is 12.6 Å². The van der Waals surface area contributed by atoms with Crippen LogP contribution in [0, 0.1) is 5.41 Å². The first-order chi connectivity index (χ1) is 6.68. The summed E-state index contributed by atoms with van der Waals surface area (Å²) < 4.78 is 0. The minimum Gasteiger partial charge on any atom is -0.314 e. The van der Waals surface area contributed by atoms with E-state index in [9.17, 15) is 0 Å². The smallest absolute Gasteiger partial charge is 0.00509 e. The van der Waals surface area contributed by atoms with Crippen molar-refractivity contribution < 1.29 is 0 Å². The highest BCUT2D eigenvalue weighted by atomic mass is 15.1. The van der Waals surface area contributed by atoms with Gasteiger partial charge in [0.05, 0.1) is 0 Å². The van der Waals surface area contributed by atoms with Gasteiger partial charge in [-0.15, -0.1) is 0 Å². The van der Waals surface area contributed by atoms with Gasteiger partial charge in [0.15, 0.2) is 0 Å². The summed E-state index contributed by atoms with van der Waals surface area (Å²) in [7, 11) is 0. The van der Waals surface area contributed by atoms with Crippen molar-refractivity contribution in [2.45, 2.75) is 45.6 Å². The minimum absolute atomic E-state index is 0.690. The monoisotopic (exact) mass is 196 g/mol. The van der Waals surface area contributed by atoms with Crippen LogP contribution in [-0.2, 0) is 0 Å². The molecule has 0 aromatic carbocycles. The molecule has 2 fully saturated rings. The minimum atomic E-state index is 0.690. The largest absolute Gasteiger partial charge is 0.314 e. The number of hydrogen-bond acceptors (Lipinski definition) is 2. The van der Waals surface area contributed by atoms with Crippen molar-refractivity contribution in [3.05, 3.63) is 0 Å². The molecule has 1 aliphatic heterocycles. The Morgan fingerprint density at radius 2 is 2.14 bits per heavy atom. The Balaban J connectivity index is 1.78. The average molecular weight is 196 g/mol. The number of rotatable bonds is 2. The molecule has 14 heavy (non-hydrogen) atoms. The first kappa shape index (κ1) is 10.4. The van der Waals surface area contributed by atoms with Crippen LogP contribution in [0.15, 0.2) is 0 Å². The van der Waals surface area contributed by atoms with Crippen molar-refractivity contribution in [1.82, 2.24) is 10.2 Å². The molecule has 2 nitrogen and oxygen atoms in total. The molecule has 0 spiro atoms. The van der Waals surface area contributed by atoms with Gasteiger partial charge in [-0.1, -0.05) is 6.92 Å². The summed E-state index contributed by atoms with van der Waals surface area (Å²) >= 11 is 0. The molecule has 82 valence electrons. The average Bonchev–Trinajstić information content (AvgIpc) is 2.83. The summed E-state index contributed by atoms with van der Waals surface area (Å²) in [5.74, 6) is 0. The van der Waals surface area contributed by atoms with E-state index in [1.807, 2.05) is 0 Å². The zero-order valence-corrected chi connectivity index (χ0v) is 9.68. The second kappa shape index (κ2) is 4.19. The van der Waals surface area contributed by atoms with Crippen LogP contribution in [0.1, 0.15) is 39.5 Å². The molecular weight excluding hydrogens is 172 g/mol. The fraction of sp³-hybridized carbons (Fsp3) is 1.00. The van der Waals surface area contributed by atoms with E-state index in [1.165, 1.54) is 51.9 Å². The lowest BCUT2D eigenvalue weighted by Crippen LogP contribution is -2.40. The Labute approximate surface area is 88.1 Å². The lowest BCUT2D eigenvalue weighted by atomic mass is 10.1. The molecule has 0 bridgehead atoms. The van der Waals surface area contributed by atoms with Gasteiger partial charge in [-0.2, -0.15) is 0 Å². The molecule has 0 aromatic heterocycles. The molecule has 2 heteroatoms. The zero-order chi connectivity index (χ0) is 10.0. The summed E-state index contributed by atoms with van der Waals surface area (Å²) in [6, 6.07) is 0.713. The standard InChI is InChI=1S/C12H24N2/c1-11-4-9-14(8-3-7-13-11)10-12(2)5-6-12/h11,13H,3-10H2,1-2H3. The normalized spacial score (nSPS) is 33.4. The Morgan fingerprint density at radius 3 is 2.86 bits per heavy atom. The maximum atomic E-state index is 3.56. The predicted molar refractivity (Wildman–Crippen MR) is 60.5 cm³/mol. The predicted octanol–water partition coefficient (Wildman–Crippen LogP) is 1.86. The molecule has 1 heterocycles. The summed E-state index contributed by atoms with van der Waals surface area (Å²) in [6.07, 6.45) is 5.55. The van der Waals surface area contributed by atoms with Crippen molar-refractivity contribution in [3.8, 4) is 0 Å². The van der Waals surface area contributed by atoms with Crippen molar-refractivity contribution in [2.24, 2.45) is 5.41 Å². The van der Waals surface area contributed by atoms with Crippen molar-refractivity contribution in [3.63, 3.8) is 0 Å². The van der Waals surface area contributed by atoms with Crippen molar-refractivity contribution in [2.75, 3.05) is 26.2 Å². The van der Waals surface area contributed by atoms with E-state index in [0.717, 1.165) is 0 Å². The van der Waals surface area contributed by atoms with E-state index in [4.69, 9.17) is 0 Å². The SMILES string of the molecule is CC1CCN(CC2(C)CC2)CCCN1. The maximum Gasteiger partial charge on any atom is 0.00509 e. The molecule has 0 amide bonds. The van der Waals surface area contributed by atoms with E-state index in [1.54, 1.807) is 0 Å². The number of nitrogens with one attached hydrogen (secondary N) is 1. The van der Waals surface area contributed by atoms with Crippen LogP contribution in [0.3, 0.4) is 0 Å². The van der Waals surface area contributed by atoms with Gasteiger partial charge in [0.25, 0.3) is 0 Å². The molecule has 2 aliphatic rings. The van der Waals surface area contributed by atoms with E-state index in [2.05, 4.69) is 24.1 Å². The maximum absolute atomic E-state index is 3.56. The second-order valence-electron chi connectivity index (χ2n) is 5.58. The second-order valence-corrected chi connectivity index (χ2v) is 5.58. The highest BCUT2D eigenvalue weighted by Gasteiger charge is 2.38. The summed E-state index contributed by atoms with van der Waals surface area (Å²) in [5.41, 5.74) is 0.690. The van der Waals surface area contributed by atoms with Crippen LogP contribution >= 0.6 is 0 Å². The molecule has 1 atom stereocenters. The Morgan fingerprint density at radius 1 is 1.36 bits per heavy atom. The van der Waals surface area contributed by atoms with Crippen molar-refractivity contribution >= 4 is 0 Å². The van der Waals surface area contributed by atoms with E-state index < -0.39 is 0 Å². The first-order valence-corrected chi connectivity index (χ1v) is 6.14.